The lowest BCUT2D eigenvalue weighted by Crippen LogP contribution is -2.46. The van der Waals surface area contributed by atoms with E-state index in [-0.39, 0.29) is 24.2 Å². The van der Waals surface area contributed by atoms with Crippen molar-refractivity contribution in [1.29, 1.82) is 0 Å². The van der Waals surface area contributed by atoms with E-state index in [2.05, 4.69) is 48.6 Å². The highest BCUT2D eigenvalue weighted by atomic mass is 32.2. The summed E-state index contributed by atoms with van der Waals surface area (Å²) < 4.78 is 32.7. The van der Waals surface area contributed by atoms with Crippen molar-refractivity contribution in [3.05, 3.63) is 29.3 Å². The maximum Gasteiger partial charge on any atom is 0.216 e. The first-order valence-corrected chi connectivity index (χ1v) is 13.9. The van der Waals surface area contributed by atoms with E-state index in [1.54, 1.807) is 20.8 Å². The molecule has 1 saturated heterocycles. The fraction of sp³-hybridized carbons (Fsp3) is 0.731. The number of carbonyl (C=O) groups excluding carboxylic acids is 1. The van der Waals surface area contributed by atoms with Gasteiger partial charge in [-0.25, -0.2) is 13.1 Å². The standard InChI is InChI=1S/C26H42N2O4S/c1-18-15-24(28-16-19(2)32-20(3)17-28)13-9-21(18)10-14-25(29)22-7-11-23(12-8-22)27-33(30,31)26(4,5)6/h9,13,15,19-20,22-23,27H,7-8,10-12,14,16-17H2,1-6H3/t19-,20+,22?,23?. The third kappa shape index (κ3) is 6.80. The van der Waals surface area contributed by atoms with E-state index in [0.717, 1.165) is 45.2 Å². The SMILES string of the molecule is Cc1cc(N2C[C@@H](C)O[C@@H](C)C2)ccc1CCC(=O)C1CCC(NS(=O)(=O)C(C)(C)C)CC1. The minimum atomic E-state index is -3.35. The van der Waals surface area contributed by atoms with Crippen LogP contribution in [0.4, 0.5) is 5.69 Å². The van der Waals surface area contributed by atoms with Gasteiger partial charge in [-0.15, -0.1) is 0 Å². The molecule has 2 aliphatic rings. The average Bonchev–Trinajstić information content (AvgIpc) is 2.71. The second-order valence-corrected chi connectivity index (χ2v) is 13.5. The summed E-state index contributed by atoms with van der Waals surface area (Å²) in [6.07, 6.45) is 4.76. The quantitative estimate of drug-likeness (QED) is 0.629. The van der Waals surface area contributed by atoms with Gasteiger partial charge in [-0.3, -0.25) is 4.79 Å². The molecule has 0 aromatic heterocycles. The van der Waals surface area contributed by atoms with E-state index in [4.69, 9.17) is 4.74 Å². The number of Topliss-reactive ketones (excluding diaryl/α,β-unsaturated/α-hetero) is 1. The van der Waals surface area contributed by atoms with Crippen LogP contribution in [0.15, 0.2) is 18.2 Å². The minimum absolute atomic E-state index is 0.0521. The van der Waals surface area contributed by atoms with Crippen LogP contribution in [0.25, 0.3) is 0 Å². The summed E-state index contributed by atoms with van der Waals surface area (Å²) >= 11 is 0. The van der Waals surface area contributed by atoms with Crippen LogP contribution in [0, 0.1) is 12.8 Å². The number of nitrogens with zero attached hydrogens (tertiary/aromatic N) is 1. The van der Waals surface area contributed by atoms with Crippen molar-refractivity contribution >= 4 is 21.5 Å². The Hall–Kier alpha value is -1.44. The molecule has 1 aliphatic carbocycles. The van der Waals surface area contributed by atoms with E-state index in [1.165, 1.54) is 16.8 Å². The van der Waals surface area contributed by atoms with E-state index in [9.17, 15) is 13.2 Å². The van der Waals surface area contributed by atoms with E-state index < -0.39 is 14.8 Å². The molecule has 0 radical (unpaired) electrons. The molecule has 0 bridgehead atoms. The zero-order valence-electron chi connectivity index (χ0n) is 21.2. The predicted molar refractivity (Wildman–Crippen MR) is 134 cm³/mol. The summed E-state index contributed by atoms with van der Waals surface area (Å²) in [5.74, 6) is 0.364. The maximum atomic E-state index is 12.9. The van der Waals surface area contributed by atoms with Crippen LogP contribution in [0.5, 0.6) is 0 Å². The fourth-order valence-corrected chi connectivity index (χ4v) is 5.97. The van der Waals surface area contributed by atoms with Gasteiger partial charge >= 0.3 is 0 Å². The number of benzene rings is 1. The Morgan fingerprint density at radius 3 is 2.24 bits per heavy atom. The number of anilines is 1. The number of sulfonamides is 1. The van der Waals surface area contributed by atoms with Crippen molar-refractivity contribution in [3.8, 4) is 0 Å². The number of hydrogen-bond donors (Lipinski definition) is 1. The maximum absolute atomic E-state index is 12.9. The summed E-state index contributed by atoms with van der Waals surface area (Å²) in [6, 6.07) is 6.51. The van der Waals surface area contributed by atoms with Crippen molar-refractivity contribution < 1.29 is 17.9 Å². The van der Waals surface area contributed by atoms with E-state index in [0.29, 0.717) is 12.2 Å². The first-order valence-electron chi connectivity index (χ1n) is 12.4. The molecule has 0 unspecified atom stereocenters. The van der Waals surface area contributed by atoms with Gasteiger partial charge in [0.1, 0.15) is 5.78 Å². The van der Waals surface area contributed by atoms with Gasteiger partial charge in [0.2, 0.25) is 10.0 Å². The Bertz CT molecular complexity index is 920. The number of carbonyl (C=O) groups is 1. The van der Waals surface area contributed by atoms with Crippen molar-refractivity contribution in [3.63, 3.8) is 0 Å². The van der Waals surface area contributed by atoms with Gasteiger partial charge in [-0.05, 0) is 96.9 Å². The van der Waals surface area contributed by atoms with Crippen LogP contribution in [-0.4, -0.2) is 50.3 Å². The summed E-state index contributed by atoms with van der Waals surface area (Å²) in [5, 5.41) is 0. The second kappa shape index (κ2) is 10.4. The molecule has 7 heteroatoms. The van der Waals surface area contributed by atoms with Crippen LogP contribution < -0.4 is 9.62 Å². The molecule has 1 aromatic rings. The largest absolute Gasteiger partial charge is 0.372 e. The molecule has 1 heterocycles. The molecule has 2 atom stereocenters. The zero-order chi connectivity index (χ0) is 24.4. The molecule has 0 spiro atoms. The third-order valence-electron chi connectivity index (χ3n) is 7.06. The van der Waals surface area contributed by atoms with Gasteiger partial charge in [0.05, 0.1) is 17.0 Å². The number of nitrogens with one attached hydrogen (secondary N) is 1. The van der Waals surface area contributed by atoms with E-state index >= 15 is 0 Å². The Balaban J connectivity index is 1.49. The molecule has 2 fully saturated rings. The fourth-order valence-electron chi connectivity index (χ4n) is 4.94. The first kappa shape index (κ1) is 26.2. The Kier molecular flexibility index (Phi) is 8.28. The molecule has 0 amide bonds. The average molecular weight is 479 g/mol. The summed E-state index contributed by atoms with van der Waals surface area (Å²) in [5.41, 5.74) is 3.68. The van der Waals surface area contributed by atoms with Gasteiger partial charge in [-0.2, -0.15) is 0 Å². The van der Waals surface area contributed by atoms with Crippen molar-refractivity contribution in [2.75, 3.05) is 18.0 Å². The molecule has 3 rings (SSSR count). The molecule has 33 heavy (non-hydrogen) atoms. The van der Waals surface area contributed by atoms with Crippen molar-refractivity contribution in [2.24, 2.45) is 5.92 Å². The van der Waals surface area contributed by atoms with Crippen LogP contribution in [0.2, 0.25) is 0 Å². The normalized spacial score (nSPS) is 26.9. The highest BCUT2D eigenvalue weighted by Crippen LogP contribution is 2.29. The Labute approximate surface area is 200 Å². The molecule has 1 saturated carbocycles. The lowest BCUT2D eigenvalue weighted by atomic mass is 9.82. The number of morpholine rings is 1. The smallest absolute Gasteiger partial charge is 0.216 e. The topological polar surface area (TPSA) is 75.7 Å². The van der Waals surface area contributed by atoms with Crippen LogP contribution in [-0.2, 0) is 26.0 Å². The lowest BCUT2D eigenvalue weighted by molar-refractivity contribution is -0.123. The molecule has 1 aromatic carbocycles. The summed E-state index contributed by atoms with van der Waals surface area (Å²) in [4.78, 5) is 15.2. The van der Waals surface area contributed by atoms with E-state index in [1.807, 2.05) is 0 Å². The summed E-state index contributed by atoms with van der Waals surface area (Å²) in [6.45, 7) is 13.3. The van der Waals surface area contributed by atoms with Crippen molar-refractivity contribution in [2.45, 2.75) is 103 Å². The predicted octanol–water partition coefficient (Wildman–Crippen LogP) is 4.39. The van der Waals surface area contributed by atoms with Crippen LogP contribution in [0.3, 0.4) is 0 Å². The Morgan fingerprint density at radius 1 is 1.09 bits per heavy atom. The van der Waals surface area contributed by atoms with Gasteiger partial charge in [0.25, 0.3) is 0 Å². The van der Waals surface area contributed by atoms with Gasteiger partial charge in [0.15, 0.2) is 0 Å². The third-order valence-corrected chi connectivity index (χ3v) is 9.32. The summed E-state index contributed by atoms with van der Waals surface area (Å²) in [7, 11) is -3.35. The number of ketones is 1. The van der Waals surface area contributed by atoms with Gasteiger partial charge in [-0.1, -0.05) is 6.07 Å². The van der Waals surface area contributed by atoms with Crippen LogP contribution in [0.1, 0.15) is 77.8 Å². The number of hydrogen-bond acceptors (Lipinski definition) is 5. The molecule has 186 valence electrons. The zero-order valence-corrected chi connectivity index (χ0v) is 22.0. The molecular formula is C26H42N2O4S. The lowest BCUT2D eigenvalue weighted by Gasteiger charge is -2.37. The monoisotopic (exact) mass is 478 g/mol. The molecular weight excluding hydrogens is 436 g/mol. The Morgan fingerprint density at radius 2 is 1.70 bits per heavy atom. The van der Waals surface area contributed by atoms with Gasteiger partial charge < -0.3 is 9.64 Å². The number of ether oxygens (including phenoxy) is 1. The highest BCUT2D eigenvalue weighted by molar-refractivity contribution is 7.90. The van der Waals surface area contributed by atoms with Crippen molar-refractivity contribution in [1.82, 2.24) is 4.72 Å². The minimum Gasteiger partial charge on any atom is -0.372 e. The number of aryl methyl sites for hydroxylation is 2. The van der Waals surface area contributed by atoms with Gasteiger partial charge in [0, 0.05) is 37.2 Å². The molecule has 1 N–H and O–H groups in total. The highest BCUT2D eigenvalue weighted by Gasteiger charge is 2.34. The molecule has 6 nitrogen and oxygen atoms in total. The molecule has 1 aliphatic heterocycles. The number of rotatable bonds is 7. The van der Waals surface area contributed by atoms with Crippen LogP contribution >= 0.6 is 0 Å². The second-order valence-electron chi connectivity index (χ2n) is 11.0. The first-order chi connectivity index (χ1) is 15.4.